The van der Waals surface area contributed by atoms with Crippen LogP contribution in [0.5, 0.6) is 5.75 Å². The van der Waals surface area contributed by atoms with Crippen LogP contribution in [0.2, 0.25) is 0 Å². The summed E-state index contributed by atoms with van der Waals surface area (Å²) in [6.45, 7) is -0.687. The van der Waals surface area contributed by atoms with Crippen molar-refractivity contribution >= 4 is 23.5 Å². The van der Waals surface area contributed by atoms with E-state index in [1.54, 1.807) is 30.3 Å². The van der Waals surface area contributed by atoms with E-state index in [2.05, 4.69) is 10.9 Å². The van der Waals surface area contributed by atoms with Gasteiger partial charge in [-0.1, -0.05) is 18.2 Å². The Morgan fingerprint density at radius 3 is 2.37 bits per heavy atom. The van der Waals surface area contributed by atoms with Gasteiger partial charge in [-0.2, -0.15) is 0 Å². The van der Waals surface area contributed by atoms with Crippen LogP contribution >= 0.6 is 0 Å². The molecule has 2 rings (SSSR count). The van der Waals surface area contributed by atoms with Gasteiger partial charge in [0.1, 0.15) is 0 Å². The Kier molecular flexibility index (Phi) is 6.42. The maximum Gasteiger partial charge on any atom is 0.338 e. The molecule has 10 nitrogen and oxygen atoms in total. The monoisotopic (exact) mass is 373 g/mol. The number of rotatable bonds is 6. The molecule has 0 aliphatic heterocycles. The number of nitro groups is 1. The first-order chi connectivity index (χ1) is 12.9. The number of benzene rings is 2. The molecule has 0 aromatic heterocycles. The number of hydrogen-bond acceptors (Lipinski definition) is 7. The molecule has 0 saturated heterocycles. The highest BCUT2D eigenvalue weighted by Gasteiger charge is 2.19. The molecule has 10 heteroatoms. The Labute approximate surface area is 153 Å². The fraction of sp³-hybridized carbons (Fsp3) is 0.118. The standard InChI is InChI=1S/C17H15N3O7/c1-26-14-8-7-12(9-13(14)20(24)25)17(23)27-10-15(21)18-19-16(22)11-5-3-2-4-6-11/h2-9H,10H2,1H3,(H,18,21)(H,19,22). The van der Waals surface area contributed by atoms with E-state index < -0.39 is 35.0 Å². The van der Waals surface area contributed by atoms with Crippen molar-refractivity contribution in [3.05, 3.63) is 69.8 Å². The first-order valence-electron chi connectivity index (χ1n) is 7.56. The van der Waals surface area contributed by atoms with Gasteiger partial charge in [-0.25, -0.2) is 4.79 Å². The molecule has 0 atom stereocenters. The number of esters is 1. The van der Waals surface area contributed by atoms with Crippen LogP contribution < -0.4 is 15.6 Å². The molecule has 0 heterocycles. The van der Waals surface area contributed by atoms with Crippen LogP contribution in [0.25, 0.3) is 0 Å². The lowest BCUT2D eigenvalue weighted by molar-refractivity contribution is -0.385. The Morgan fingerprint density at radius 1 is 1.04 bits per heavy atom. The summed E-state index contributed by atoms with van der Waals surface area (Å²) in [6, 6.07) is 11.7. The van der Waals surface area contributed by atoms with Gasteiger partial charge in [-0.3, -0.25) is 30.6 Å². The Balaban J connectivity index is 1.88. The van der Waals surface area contributed by atoms with E-state index in [-0.39, 0.29) is 11.3 Å². The second kappa shape index (κ2) is 8.94. The van der Waals surface area contributed by atoms with Crippen LogP contribution in [0.4, 0.5) is 5.69 Å². The highest BCUT2D eigenvalue weighted by atomic mass is 16.6. The minimum absolute atomic E-state index is 0.0158. The molecule has 2 amide bonds. The normalized spacial score (nSPS) is 9.81. The van der Waals surface area contributed by atoms with Crippen molar-refractivity contribution in [3.63, 3.8) is 0 Å². The number of carbonyl (C=O) groups excluding carboxylic acids is 3. The molecule has 0 aliphatic carbocycles. The van der Waals surface area contributed by atoms with Crippen molar-refractivity contribution < 1.29 is 28.8 Å². The lowest BCUT2D eigenvalue weighted by atomic mass is 10.2. The highest BCUT2D eigenvalue weighted by Crippen LogP contribution is 2.27. The van der Waals surface area contributed by atoms with E-state index in [1.807, 2.05) is 0 Å². The number of nitrogens with zero attached hydrogens (tertiary/aromatic N) is 1. The predicted octanol–water partition coefficient (Wildman–Crippen LogP) is 1.22. The van der Waals surface area contributed by atoms with Crippen LogP contribution in [-0.2, 0) is 9.53 Å². The molecule has 27 heavy (non-hydrogen) atoms. The Morgan fingerprint density at radius 2 is 1.74 bits per heavy atom. The summed E-state index contributed by atoms with van der Waals surface area (Å²) >= 11 is 0. The second-order valence-electron chi connectivity index (χ2n) is 5.09. The maximum absolute atomic E-state index is 11.9. The molecule has 2 aromatic carbocycles. The van der Waals surface area contributed by atoms with E-state index in [0.717, 1.165) is 6.07 Å². The molecule has 0 aliphatic rings. The van der Waals surface area contributed by atoms with E-state index in [0.29, 0.717) is 5.56 Å². The number of carbonyl (C=O) groups is 3. The first-order valence-corrected chi connectivity index (χ1v) is 7.56. The fourth-order valence-electron chi connectivity index (χ4n) is 2.00. The largest absolute Gasteiger partial charge is 0.490 e. The maximum atomic E-state index is 11.9. The summed E-state index contributed by atoms with van der Waals surface area (Å²) < 4.78 is 9.60. The zero-order valence-electron chi connectivity index (χ0n) is 14.1. The third kappa shape index (κ3) is 5.26. The van der Waals surface area contributed by atoms with Crippen molar-refractivity contribution in [1.82, 2.24) is 10.9 Å². The van der Waals surface area contributed by atoms with Gasteiger partial charge >= 0.3 is 11.7 Å². The van der Waals surface area contributed by atoms with E-state index in [9.17, 15) is 24.5 Å². The molecule has 0 unspecified atom stereocenters. The zero-order valence-corrected chi connectivity index (χ0v) is 14.1. The molecule has 0 radical (unpaired) electrons. The summed E-state index contributed by atoms with van der Waals surface area (Å²) in [5, 5.41) is 11.0. The molecule has 140 valence electrons. The third-order valence-electron chi connectivity index (χ3n) is 3.30. The van der Waals surface area contributed by atoms with Crippen LogP contribution in [0.3, 0.4) is 0 Å². The predicted molar refractivity (Wildman–Crippen MR) is 92.0 cm³/mol. The van der Waals surface area contributed by atoms with Crippen molar-refractivity contribution in [3.8, 4) is 5.75 Å². The molecule has 2 aromatic rings. The smallest absolute Gasteiger partial charge is 0.338 e. The Bertz CT molecular complexity index is 868. The summed E-state index contributed by atoms with van der Waals surface area (Å²) in [6.07, 6.45) is 0. The molecule has 0 fully saturated rings. The van der Waals surface area contributed by atoms with Gasteiger partial charge in [0.25, 0.3) is 11.8 Å². The third-order valence-corrected chi connectivity index (χ3v) is 3.30. The summed E-state index contributed by atoms with van der Waals surface area (Å²) in [7, 11) is 1.26. The number of methoxy groups -OCH3 is 1. The van der Waals surface area contributed by atoms with Gasteiger partial charge in [0.15, 0.2) is 12.4 Å². The number of nitrogens with one attached hydrogen (secondary N) is 2. The fourth-order valence-corrected chi connectivity index (χ4v) is 2.00. The van der Waals surface area contributed by atoms with E-state index in [4.69, 9.17) is 9.47 Å². The topological polar surface area (TPSA) is 137 Å². The van der Waals surface area contributed by atoms with Crippen LogP contribution in [0.1, 0.15) is 20.7 Å². The van der Waals surface area contributed by atoms with Gasteiger partial charge in [0.05, 0.1) is 17.6 Å². The van der Waals surface area contributed by atoms with Crippen LogP contribution in [0.15, 0.2) is 48.5 Å². The number of amides is 2. The average molecular weight is 373 g/mol. The van der Waals surface area contributed by atoms with Crippen molar-refractivity contribution in [2.75, 3.05) is 13.7 Å². The van der Waals surface area contributed by atoms with Gasteiger partial charge < -0.3 is 9.47 Å². The molecule has 0 bridgehead atoms. The minimum Gasteiger partial charge on any atom is -0.490 e. The molecule has 0 spiro atoms. The average Bonchev–Trinajstić information content (AvgIpc) is 2.70. The number of hydrazine groups is 1. The lowest BCUT2D eigenvalue weighted by Gasteiger charge is -2.08. The van der Waals surface area contributed by atoms with Crippen LogP contribution in [-0.4, -0.2) is 36.4 Å². The van der Waals surface area contributed by atoms with Crippen molar-refractivity contribution in [1.29, 1.82) is 0 Å². The second-order valence-corrected chi connectivity index (χ2v) is 5.09. The first kappa shape index (κ1) is 19.4. The molecule has 2 N–H and O–H groups in total. The van der Waals surface area contributed by atoms with Crippen molar-refractivity contribution in [2.24, 2.45) is 0 Å². The molecular weight excluding hydrogens is 358 g/mol. The Hall–Kier alpha value is -3.95. The van der Waals surface area contributed by atoms with Crippen LogP contribution in [0, 0.1) is 10.1 Å². The number of nitro benzene ring substituents is 1. The highest BCUT2D eigenvalue weighted by molar-refractivity contribution is 5.96. The quantitative estimate of drug-likeness (QED) is 0.441. The molecular formula is C17H15N3O7. The van der Waals surface area contributed by atoms with Gasteiger partial charge in [0.2, 0.25) is 0 Å². The minimum atomic E-state index is -0.940. The van der Waals surface area contributed by atoms with Gasteiger partial charge in [-0.15, -0.1) is 0 Å². The molecule has 0 saturated carbocycles. The summed E-state index contributed by atoms with van der Waals surface area (Å²) in [4.78, 5) is 45.6. The van der Waals surface area contributed by atoms with E-state index >= 15 is 0 Å². The summed E-state index contributed by atoms with van der Waals surface area (Å²) in [5.41, 5.74) is 4.06. The SMILES string of the molecule is COc1ccc(C(=O)OCC(=O)NNC(=O)c2ccccc2)cc1[N+](=O)[O-]. The van der Waals surface area contributed by atoms with Crippen molar-refractivity contribution in [2.45, 2.75) is 0 Å². The lowest BCUT2D eigenvalue weighted by Crippen LogP contribution is -2.43. The number of hydrogen-bond donors (Lipinski definition) is 2. The number of ether oxygens (including phenoxy) is 2. The van der Waals surface area contributed by atoms with Gasteiger partial charge in [0, 0.05) is 11.6 Å². The zero-order chi connectivity index (χ0) is 19.8. The van der Waals surface area contributed by atoms with Gasteiger partial charge in [-0.05, 0) is 24.3 Å². The van der Waals surface area contributed by atoms with E-state index in [1.165, 1.54) is 19.2 Å². The summed E-state index contributed by atoms with van der Waals surface area (Å²) in [5.74, 6) is -2.28.